The Labute approximate surface area is 166 Å². The molecule has 138 valence electrons. The van der Waals surface area contributed by atoms with E-state index < -0.39 is 0 Å². The number of halogens is 2. The van der Waals surface area contributed by atoms with E-state index in [1.807, 2.05) is 23.1 Å². The summed E-state index contributed by atoms with van der Waals surface area (Å²) in [6.07, 6.45) is 2.04. The molecule has 1 aromatic heterocycles. The van der Waals surface area contributed by atoms with Gasteiger partial charge in [0.2, 0.25) is 11.8 Å². The van der Waals surface area contributed by atoms with E-state index in [1.165, 1.54) is 6.07 Å². The molecule has 1 fully saturated rings. The third kappa shape index (κ3) is 4.09. The van der Waals surface area contributed by atoms with Crippen LogP contribution >= 0.6 is 23.8 Å². The Hall–Kier alpha value is -2.51. The van der Waals surface area contributed by atoms with Crippen molar-refractivity contribution in [2.24, 2.45) is 0 Å². The van der Waals surface area contributed by atoms with E-state index in [0.717, 1.165) is 12.8 Å². The first kappa shape index (κ1) is 17.9. The average molecular weight is 403 g/mol. The average Bonchev–Trinajstić information content (AvgIpc) is 3.40. The summed E-state index contributed by atoms with van der Waals surface area (Å²) in [6.45, 7) is 0.350. The largest absolute Gasteiger partial charge is 0.419 e. The first-order chi connectivity index (χ1) is 13.1. The molecule has 0 saturated heterocycles. The molecule has 8 heteroatoms. The van der Waals surface area contributed by atoms with E-state index in [1.54, 1.807) is 24.3 Å². The molecule has 1 aliphatic carbocycles. The number of nitrogens with zero attached hydrogens (tertiary/aromatic N) is 3. The number of thiocarbonyl (C=S) groups is 1. The Bertz CT molecular complexity index is 976. The van der Waals surface area contributed by atoms with Crippen LogP contribution in [0.2, 0.25) is 5.02 Å². The van der Waals surface area contributed by atoms with Crippen molar-refractivity contribution < 1.29 is 8.81 Å². The zero-order chi connectivity index (χ0) is 18.8. The normalized spacial score (nSPS) is 13.4. The van der Waals surface area contributed by atoms with Gasteiger partial charge in [-0.15, -0.1) is 10.2 Å². The minimum atomic E-state index is -0.352. The van der Waals surface area contributed by atoms with Gasteiger partial charge in [-0.2, -0.15) is 0 Å². The second-order valence-corrected chi connectivity index (χ2v) is 7.04. The number of aromatic nitrogens is 2. The van der Waals surface area contributed by atoms with Crippen molar-refractivity contribution in [3.63, 3.8) is 0 Å². The Balaban J connectivity index is 1.50. The molecule has 2 aromatic carbocycles. The Morgan fingerprint density at radius 3 is 2.67 bits per heavy atom. The van der Waals surface area contributed by atoms with Gasteiger partial charge in [0.1, 0.15) is 5.82 Å². The van der Waals surface area contributed by atoms with E-state index >= 15 is 0 Å². The van der Waals surface area contributed by atoms with Gasteiger partial charge in [-0.25, -0.2) is 4.39 Å². The van der Waals surface area contributed by atoms with Crippen LogP contribution in [0.1, 0.15) is 18.7 Å². The van der Waals surface area contributed by atoms with Crippen LogP contribution in [0.5, 0.6) is 0 Å². The summed E-state index contributed by atoms with van der Waals surface area (Å²) >= 11 is 11.7. The highest BCUT2D eigenvalue weighted by atomic mass is 35.5. The Kier molecular flexibility index (Phi) is 5.05. The monoisotopic (exact) mass is 402 g/mol. The summed E-state index contributed by atoms with van der Waals surface area (Å²) in [5.74, 6) is 0.434. The third-order valence-corrected chi connectivity index (χ3v) is 4.91. The minimum Gasteiger partial charge on any atom is -0.419 e. The molecule has 1 saturated carbocycles. The van der Waals surface area contributed by atoms with Crippen molar-refractivity contribution in [3.05, 3.63) is 65.3 Å². The second-order valence-electron chi connectivity index (χ2n) is 6.25. The zero-order valence-electron chi connectivity index (χ0n) is 14.2. The van der Waals surface area contributed by atoms with Gasteiger partial charge in [0.15, 0.2) is 5.11 Å². The van der Waals surface area contributed by atoms with Crippen molar-refractivity contribution in [2.75, 3.05) is 5.32 Å². The molecule has 1 N–H and O–H groups in total. The van der Waals surface area contributed by atoms with Crippen LogP contribution in [0.4, 0.5) is 10.1 Å². The fourth-order valence-corrected chi connectivity index (χ4v) is 3.25. The summed E-state index contributed by atoms with van der Waals surface area (Å²) < 4.78 is 19.7. The van der Waals surface area contributed by atoms with Gasteiger partial charge in [0.05, 0.1) is 22.8 Å². The predicted molar refractivity (Wildman–Crippen MR) is 106 cm³/mol. The van der Waals surface area contributed by atoms with Crippen molar-refractivity contribution in [3.8, 4) is 11.5 Å². The van der Waals surface area contributed by atoms with Gasteiger partial charge in [-0.1, -0.05) is 35.9 Å². The van der Waals surface area contributed by atoms with Gasteiger partial charge >= 0.3 is 0 Å². The number of hydrogen-bond acceptors (Lipinski definition) is 4. The van der Waals surface area contributed by atoms with E-state index in [9.17, 15) is 4.39 Å². The molecule has 0 aliphatic heterocycles. The highest BCUT2D eigenvalue weighted by Gasteiger charge is 2.32. The molecule has 0 unspecified atom stereocenters. The fraction of sp³-hybridized carbons (Fsp3) is 0.211. The maximum Gasteiger partial charge on any atom is 0.249 e. The lowest BCUT2D eigenvalue weighted by Crippen LogP contribution is -2.36. The van der Waals surface area contributed by atoms with Crippen LogP contribution < -0.4 is 5.32 Å². The molecule has 0 amide bonds. The summed E-state index contributed by atoms with van der Waals surface area (Å²) in [6, 6.07) is 14.0. The highest BCUT2D eigenvalue weighted by molar-refractivity contribution is 7.80. The van der Waals surface area contributed by atoms with Crippen molar-refractivity contribution >= 4 is 34.6 Å². The predicted octanol–water partition coefficient (Wildman–Crippen LogP) is 4.89. The number of anilines is 1. The van der Waals surface area contributed by atoms with E-state index in [0.29, 0.717) is 39.7 Å². The quantitative estimate of drug-likeness (QED) is 0.613. The molecular formula is C19H16ClFN4OS. The topological polar surface area (TPSA) is 54.2 Å². The standard InChI is InChI=1S/C19H16ClFN4OS/c20-14-6-2-1-5-13(14)18-24-23-17(26-18)11-25(12-9-10-12)19(27)22-16-8-4-3-7-15(16)21/h1-8,12H,9-11H2,(H,22,27). The molecular weight excluding hydrogens is 387 g/mol. The number of nitrogens with one attached hydrogen (secondary N) is 1. The number of hydrogen-bond donors (Lipinski definition) is 1. The minimum absolute atomic E-state index is 0.285. The summed E-state index contributed by atoms with van der Waals surface area (Å²) in [4.78, 5) is 1.95. The Morgan fingerprint density at radius 2 is 1.93 bits per heavy atom. The SMILES string of the molecule is Fc1ccccc1NC(=S)N(Cc1nnc(-c2ccccc2Cl)o1)C1CC1. The lowest BCUT2D eigenvalue weighted by atomic mass is 10.2. The summed E-state index contributed by atoms with van der Waals surface area (Å²) in [5, 5.41) is 12.1. The highest BCUT2D eigenvalue weighted by Crippen LogP contribution is 2.31. The third-order valence-electron chi connectivity index (χ3n) is 4.24. The van der Waals surface area contributed by atoms with Gasteiger partial charge in [0, 0.05) is 6.04 Å². The van der Waals surface area contributed by atoms with Gasteiger partial charge < -0.3 is 14.6 Å². The first-order valence-electron chi connectivity index (χ1n) is 8.51. The molecule has 1 heterocycles. The molecule has 0 bridgehead atoms. The fourth-order valence-electron chi connectivity index (χ4n) is 2.71. The van der Waals surface area contributed by atoms with Gasteiger partial charge in [-0.05, 0) is 49.3 Å². The van der Waals surface area contributed by atoms with Crippen LogP contribution in [0, 0.1) is 5.82 Å². The van der Waals surface area contributed by atoms with E-state index in [4.69, 9.17) is 28.2 Å². The lowest BCUT2D eigenvalue weighted by Gasteiger charge is -2.24. The van der Waals surface area contributed by atoms with E-state index in [-0.39, 0.29) is 11.9 Å². The summed E-state index contributed by atoms with van der Waals surface area (Å²) in [5.41, 5.74) is 1.03. The number of para-hydroxylation sites is 1. The van der Waals surface area contributed by atoms with Crippen LogP contribution in [-0.4, -0.2) is 26.3 Å². The molecule has 1 aliphatic rings. The molecule has 4 rings (SSSR count). The van der Waals surface area contributed by atoms with Crippen molar-refractivity contribution in [1.82, 2.24) is 15.1 Å². The van der Waals surface area contributed by atoms with Crippen LogP contribution in [-0.2, 0) is 6.54 Å². The van der Waals surface area contributed by atoms with Gasteiger partial charge in [0.25, 0.3) is 0 Å². The lowest BCUT2D eigenvalue weighted by molar-refractivity contribution is 0.351. The molecule has 27 heavy (non-hydrogen) atoms. The van der Waals surface area contributed by atoms with Crippen molar-refractivity contribution in [2.45, 2.75) is 25.4 Å². The zero-order valence-corrected chi connectivity index (χ0v) is 15.8. The maximum atomic E-state index is 13.9. The summed E-state index contributed by atoms with van der Waals surface area (Å²) in [7, 11) is 0. The number of rotatable bonds is 5. The van der Waals surface area contributed by atoms with Crippen LogP contribution in [0.3, 0.4) is 0 Å². The Morgan fingerprint density at radius 1 is 1.19 bits per heavy atom. The maximum absolute atomic E-state index is 13.9. The molecule has 5 nitrogen and oxygen atoms in total. The first-order valence-corrected chi connectivity index (χ1v) is 9.30. The number of benzene rings is 2. The molecule has 0 spiro atoms. The molecule has 0 radical (unpaired) electrons. The van der Waals surface area contributed by atoms with Crippen molar-refractivity contribution in [1.29, 1.82) is 0 Å². The second kappa shape index (κ2) is 7.62. The van der Waals surface area contributed by atoms with Crippen LogP contribution in [0.25, 0.3) is 11.5 Å². The smallest absolute Gasteiger partial charge is 0.249 e. The van der Waals surface area contributed by atoms with Crippen LogP contribution in [0.15, 0.2) is 52.9 Å². The molecule has 3 aromatic rings. The molecule has 0 atom stereocenters. The van der Waals surface area contributed by atoms with E-state index in [2.05, 4.69) is 15.5 Å². The van der Waals surface area contributed by atoms with Gasteiger partial charge in [-0.3, -0.25) is 0 Å².